The van der Waals surface area contributed by atoms with Crippen LogP contribution in [0.5, 0.6) is 17.2 Å². The highest BCUT2D eigenvalue weighted by atomic mass is 16.5. The van der Waals surface area contributed by atoms with Gasteiger partial charge in [-0.05, 0) is 81.4 Å². The van der Waals surface area contributed by atoms with Gasteiger partial charge in [0.1, 0.15) is 11.5 Å². The molecule has 2 aromatic rings. The van der Waals surface area contributed by atoms with E-state index in [0.717, 1.165) is 26.1 Å². The first kappa shape index (κ1) is 29.0. The summed E-state index contributed by atoms with van der Waals surface area (Å²) >= 11 is 0. The second kappa shape index (κ2) is 13.9. The van der Waals surface area contributed by atoms with E-state index in [4.69, 9.17) is 14.2 Å². The number of Topliss-reactive ketones (excluding diaryl/α,β-unsaturated/α-hetero) is 1. The van der Waals surface area contributed by atoms with Crippen LogP contribution in [0.25, 0.3) is 5.76 Å². The molecular formula is C30H40N2O6. The third-order valence-corrected chi connectivity index (χ3v) is 6.71. The number of ether oxygens (including phenoxy) is 3. The minimum absolute atomic E-state index is 0.0614. The van der Waals surface area contributed by atoms with E-state index in [0.29, 0.717) is 54.6 Å². The highest BCUT2D eigenvalue weighted by Gasteiger charge is 2.46. The average molecular weight is 525 g/mol. The lowest BCUT2D eigenvalue weighted by Crippen LogP contribution is -2.33. The molecule has 0 aliphatic carbocycles. The van der Waals surface area contributed by atoms with E-state index < -0.39 is 17.7 Å². The van der Waals surface area contributed by atoms with E-state index in [1.54, 1.807) is 48.4 Å². The van der Waals surface area contributed by atoms with Crippen LogP contribution in [0.2, 0.25) is 0 Å². The Labute approximate surface area is 225 Å². The SMILES string of the molecule is CCCOc1ccc(C2/C(=C(\O)c3ccc(OCC)cc3)C(=O)C(=O)N2CCCN(CC)CC)cc1OC. The molecule has 0 saturated carbocycles. The van der Waals surface area contributed by atoms with Crippen molar-refractivity contribution in [1.29, 1.82) is 0 Å². The van der Waals surface area contributed by atoms with Crippen molar-refractivity contribution in [2.75, 3.05) is 46.5 Å². The van der Waals surface area contributed by atoms with Crippen LogP contribution in [-0.2, 0) is 9.59 Å². The Balaban J connectivity index is 2.06. The Morgan fingerprint density at radius 3 is 2.29 bits per heavy atom. The smallest absolute Gasteiger partial charge is 0.295 e. The Kier molecular flexibility index (Phi) is 10.6. The summed E-state index contributed by atoms with van der Waals surface area (Å²) in [5.41, 5.74) is 1.17. The van der Waals surface area contributed by atoms with E-state index in [1.807, 2.05) is 19.9 Å². The van der Waals surface area contributed by atoms with Gasteiger partial charge >= 0.3 is 0 Å². The molecule has 1 saturated heterocycles. The van der Waals surface area contributed by atoms with Gasteiger partial charge in [-0.2, -0.15) is 0 Å². The zero-order valence-electron chi connectivity index (χ0n) is 23.2. The number of hydrogen-bond acceptors (Lipinski definition) is 7. The van der Waals surface area contributed by atoms with E-state index >= 15 is 0 Å². The number of carbonyl (C=O) groups is 2. The number of carbonyl (C=O) groups excluding carboxylic acids is 2. The fourth-order valence-corrected chi connectivity index (χ4v) is 4.68. The lowest BCUT2D eigenvalue weighted by Gasteiger charge is -2.27. The van der Waals surface area contributed by atoms with Gasteiger partial charge in [-0.1, -0.05) is 26.8 Å². The fraction of sp³-hybridized carbons (Fsp3) is 0.467. The number of rotatable bonds is 14. The molecule has 1 amide bonds. The van der Waals surface area contributed by atoms with Gasteiger partial charge in [-0.3, -0.25) is 9.59 Å². The molecule has 0 bridgehead atoms. The van der Waals surface area contributed by atoms with Gasteiger partial charge in [0, 0.05) is 12.1 Å². The summed E-state index contributed by atoms with van der Waals surface area (Å²) in [5, 5.41) is 11.3. The monoisotopic (exact) mass is 524 g/mol. The topological polar surface area (TPSA) is 88.5 Å². The molecule has 206 valence electrons. The first-order chi connectivity index (χ1) is 18.4. The number of aliphatic hydroxyl groups is 1. The molecule has 1 heterocycles. The number of methoxy groups -OCH3 is 1. The molecule has 8 nitrogen and oxygen atoms in total. The summed E-state index contributed by atoms with van der Waals surface area (Å²) in [6, 6.07) is 11.5. The van der Waals surface area contributed by atoms with Gasteiger partial charge < -0.3 is 29.1 Å². The third kappa shape index (κ3) is 6.48. The molecule has 1 fully saturated rings. The minimum atomic E-state index is -0.757. The molecule has 1 aliphatic rings. The number of likely N-dealkylation sites (tertiary alicyclic amines) is 1. The number of nitrogens with zero attached hydrogens (tertiary/aromatic N) is 2. The van der Waals surface area contributed by atoms with Crippen LogP contribution in [0.1, 0.15) is 57.7 Å². The predicted octanol–water partition coefficient (Wildman–Crippen LogP) is 5.04. The quantitative estimate of drug-likeness (QED) is 0.211. The number of amides is 1. The lowest BCUT2D eigenvalue weighted by molar-refractivity contribution is -0.140. The van der Waals surface area contributed by atoms with Crippen molar-refractivity contribution in [2.24, 2.45) is 0 Å². The number of benzene rings is 2. The highest BCUT2D eigenvalue weighted by molar-refractivity contribution is 6.46. The van der Waals surface area contributed by atoms with Crippen LogP contribution in [-0.4, -0.2) is 73.1 Å². The van der Waals surface area contributed by atoms with Crippen LogP contribution in [0.4, 0.5) is 0 Å². The van der Waals surface area contributed by atoms with E-state index in [1.165, 1.54) is 0 Å². The van der Waals surface area contributed by atoms with E-state index in [2.05, 4.69) is 18.7 Å². The second-order valence-electron chi connectivity index (χ2n) is 9.09. The van der Waals surface area contributed by atoms with Crippen LogP contribution in [0, 0.1) is 0 Å². The fourth-order valence-electron chi connectivity index (χ4n) is 4.68. The number of aliphatic hydroxyl groups excluding tert-OH is 1. The van der Waals surface area contributed by atoms with Crippen molar-refractivity contribution in [3.05, 3.63) is 59.2 Å². The molecule has 38 heavy (non-hydrogen) atoms. The Morgan fingerprint density at radius 2 is 1.68 bits per heavy atom. The summed E-state index contributed by atoms with van der Waals surface area (Å²) in [7, 11) is 1.55. The molecule has 2 aromatic carbocycles. The Morgan fingerprint density at radius 1 is 0.974 bits per heavy atom. The van der Waals surface area contributed by atoms with Gasteiger partial charge in [0.2, 0.25) is 0 Å². The van der Waals surface area contributed by atoms with Crippen molar-refractivity contribution >= 4 is 17.4 Å². The van der Waals surface area contributed by atoms with Gasteiger partial charge in [0.25, 0.3) is 11.7 Å². The second-order valence-corrected chi connectivity index (χ2v) is 9.09. The maximum atomic E-state index is 13.4. The van der Waals surface area contributed by atoms with Crippen molar-refractivity contribution < 1.29 is 28.9 Å². The van der Waals surface area contributed by atoms with Gasteiger partial charge in [0.15, 0.2) is 11.5 Å². The predicted molar refractivity (Wildman–Crippen MR) is 148 cm³/mol. The van der Waals surface area contributed by atoms with E-state index in [-0.39, 0.29) is 11.3 Å². The molecule has 0 radical (unpaired) electrons. The Hall–Kier alpha value is -3.52. The molecule has 8 heteroatoms. The standard InChI is InChI=1S/C30H40N2O6/c1-6-19-38-24-16-13-22(20-25(24)36-5)27-26(28(33)21-11-14-23(15-12-21)37-9-4)29(34)30(35)32(27)18-10-17-31(7-2)8-3/h11-16,20,27,33H,6-10,17-19H2,1-5H3/b28-26+. The zero-order chi connectivity index (χ0) is 27.7. The van der Waals surface area contributed by atoms with Crippen molar-refractivity contribution in [1.82, 2.24) is 9.80 Å². The van der Waals surface area contributed by atoms with Crippen LogP contribution >= 0.6 is 0 Å². The van der Waals surface area contributed by atoms with Gasteiger partial charge in [-0.15, -0.1) is 0 Å². The molecular weight excluding hydrogens is 484 g/mol. The molecule has 0 aromatic heterocycles. The van der Waals surface area contributed by atoms with E-state index in [9.17, 15) is 14.7 Å². The van der Waals surface area contributed by atoms with Crippen molar-refractivity contribution in [3.63, 3.8) is 0 Å². The largest absolute Gasteiger partial charge is 0.507 e. The molecule has 1 aliphatic heterocycles. The highest BCUT2D eigenvalue weighted by Crippen LogP contribution is 2.42. The van der Waals surface area contributed by atoms with Gasteiger partial charge in [0.05, 0.1) is 31.9 Å². The minimum Gasteiger partial charge on any atom is -0.507 e. The summed E-state index contributed by atoms with van der Waals surface area (Å²) in [5.74, 6) is 0.216. The molecule has 1 N–H and O–H groups in total. The first-order valence-electron chi connectivity index (χ1n) is 13.4. The first-order valence-corrected chi connectivity index (χ1v) is 13.4. The maximum Gasteiger partial charge on any atom is 0.295 e. The molecule has 0 spiro atoms. The summed E-state index contributed by atoms with van der Waals surface area (Å²) in [6.45, 7) is 12.2. The normalized spacial score (nSPS) is 16.8. The number of hydrogen-bond donors (Lipinski definition) is 1. The van der Waals surface area contributed by atoms with Crippen LogP contribution in [0.15, 0.2) is 48.0 Å². The summed E-state index contributed by atoms with van der Waals surface area (Å²) in [4.78, 5) is 30.5. The lowest BCUT2D eigenvalue weighted by atomic mass is 9.95. The van der Waals surface area contributed by atoms with Crippen molar-refractivity contribution in [2.45, 2.75) is 46.6 Å². The third-order valence-electron chi connectivity index (χ3n) is 6.71. The average Bonchev–Trinajstić information content (AvgIpc) is 3.19. The van der Waals surface area contributed by atoms with Gasteiger partial charge in [-0.25, -0.2) is 0 Å². The zero-order valence-corrected chi connectivity index (χ0v) is 23.2. The summed E-state index contributed by atoms with van der Waals surface area (Å²) in [6.07, 6.45) is 1.54. The molecule has 1 unspecified atom stereocenters. The Bertz CT molecular complexity index is 1120. The molecule has 3 rings (SSSR count). The summed E-state index contributed by atoms with van der Waals surface area (Å²) < 4.78 is 16.9. The maximum absolute atomic E-state index is 13.4. The number of ketones is 1. The van der Waals surface area contributed by atoms with Crippen LogP contribution < -0.4 is 14.2 Å². The van der Waals surface area contributed by atoms with Crippen LogP contribution in [0.3, 0.4) is 0 Å². The van der Waals surface area contributed by atoms with Crippen molar-refractivity contribution in [3.8, 4) is 17.2 Å². The molecule has 1 atom stereocenters.